The molecule has 41 heavy (non-hydrogen) atoms. The van der Waals surface area contributed by atoms with Gasteiger partial charge >= 0.3 is 12.1 Å². The number of carboxylic acid groups (broad SMARTS) is 1. The summed E-state index contributed by atoms with van der Waals surface area (Å²) in [5, 5.41) is 10.3. The van der Waals surface area contributed by atoms with Crippen LogP contribution >= 0.6 is 23.2 Å². The van der Waals surface area contributed by atoms with Crippen LogP contribution in [0.4, 0.5) is 13.2 Å². The van der Waals surface area contributed by atoms with Gasteiger partial charge in [0.2, 0.25) is 0 Å². The molecule has 4 aromatic carbocycles. The Bertz CT molecular complexity index is 1520. The predicted octanol–water partition coefficient (Wildman–Crippen LogP) is 8.78. The number of hydrogen-bond acceptors (Lipinski definition) is 3. The second-order valence-electron chi connectivity index (χ2n) is 9.12. The Hall–Kier alpha value is -4.01. The summed E-state index contributed by atoms with van der Waals surface area (Å²) >= 11 is 12.5. The maximum absolute atomic E-state index is 13.7. The Morgan fingerprint density at radius 3 is 2.05 bits per heavy atom. The number of carbonyl (C=O) groups is 2. The molecule has 0 bridgehead atoms. The fourth-order valence-corrected chi connectivity index (χ4v) is 4.89. The molecule has 0 aromatic heterocycles. The number of alkyl halides is 3. The second-order valence-corrected chi connectivity index (χ2v) is 9.94. The number of para-hydroxylation sites is 1. The van der Waals surface area contributed by atoms with Gasteiger partial charge in [-0.3, -0.25) is 4.79 Å². The quantitative estimate of drug-likeness (QED) is 0.197. The summed E-state index contributed by atoms with van der Waals surface area (Å²) in [5.74, 6) is -1.38. The molecule has 0 unspecified atom stereocenters. The topological polar surface area (TPSA) is 66.8 Å². The van der Waals surface area contributed by atoms with Gasteiger partial charge in [-0.25, -0.2) is 4.79 Å². The third-order valence-corrected chi connectivity index (χ3v) is 7.02. The number of nitrogens with zero attached hydrogens (tertiary/aromatic N) is 1. The number of hydrogen-bond donors (Lipinski definition) is 1. The molecular weight excluding hydrogens is 578 g/mol. The highest BCUT2D eigenvalue weighted by molar-refractivity contribution is 6.36. The van der Waals surface area contributed by atoms with Crippen LogP contribution in [0.15, 0.2) is 91.0 Å². The summed E-state index contributed by atoms with van der Waals surface area (Å²) in [4.78, 5) is 26.3. The molecule has 1 N–H and O–H groups in total. The molecule has 0 aliphatic heterocycles. The summed E-state index contributed by atoms with van der Waals surface area (Å²) < 4.78 is 46.9. The highest BCUT2D eigenvalue weighted by Gasteiger charge is 2.36. The van der Waals surface area contributed by atoms with Crippen LogP contribution in [0.25, 0.3) is 0 Å². The Balaban J connectivity index is 1.56. The lowest BCUT2D eigenvalue weighted by Gasteiger charge is -2.25. The third-order valence-electron chi connectivity index (χ3n) is 6.31. The van der Waals surface area contributed by atoms with Crippen molar-refractivity contribution < 1.29 is 32.6 Å². The lowest BCUT2D eigenvalue weighted by atomic mass is 10.0. The van der Waals surface area contributed by atoms with Crippen molar-refractivity contribution in [3.63, 3.8) is 0 Å². The van der Waals surface area contributed by atoms with E-state index in [0.29, 0.717) is 39.8 Å². The third kappa shape index (κ3) is 7.60. The van der Waals surface area contributed by atoms with Crippen LogP contribution in [0, 0.1) is 0 Å². The van der Waals surface area contributed by atoms with E-state index in [1.807, 2.05) is 0 Å². The van der Waals surface area contributed by atoms with Gasteiger partial charge in [0.15, 0.2) is 0 Å². The maximum Gasteiger partial charge on any atom is 0.417 e. The number of benzene rings is 4. The first kappa shape index (κ1) is 30.0. The van der Waals surface area contributed by atoms with E-state index >= 15 is 0 Å². The van der Waals surface area contributed by atoms with Gasteiger partial charge in [-0.05, 0) is 72.5 Å². The standard InChI is InChI=1S/C31H24Cl2F3NO4/c32-26-11-5-12-27(33)23(26)9-6-18-37(29(38)22-7-1-3-10-25(22)31(34,35)36)19-20-14-16-21(17-15-20)41-28-13-4-2-8-24(28)30(39)40/h1-5,7-8,10-17H,6,9,18-19H2,(H,39,40). The van der Waals surface area contributed by atoms with Gasteiger partial charge < -0.3 is 14.7 Å². The first-order chi connectivity index (χ1) is 19.5. The molecule has 0 aliphatic carbocycles. The fourth-order valence-electron chi connectivity index (χ4n) is 4.30. The summed E-state index contributed by atoms with van der Waals surface area (Å²) in [6.07, 6.45) is -3.89. The van der Waals surface area contributed by atoms with E-state index in [2.05, 4.69) is 0 Å². The summed E-state index contributed by atoms with van der Waals surface area (Å²) in [5.41, 5.74) is -0.124. The van der Waals surface area contributed by atoms with E-state index in [1.54, 1.807) is 54.6 Å². The first-order valence-corrected chi connectivity index (χ1v) is 13.3. The van der Waals surface area contributed by atoms with Gasteiger partial charge in [0, 0.05) is 23.1 Å². The normalized spacial score (nSPS) is 11.2. The minimum Gasteiger partial charge on any atom is -0.478 e. The van der Waals surface area contributed by atoms with Crippen LogP contribution in [0.3, 0.4) is 0 Å². The Labute approximate surface area is 244 Å². The number of rotatable bonds is 10. The molecule has 0 radical (unpaired) electrons. The van der Waals surface area contributed by atoms with E-state index < -0.39 is 29.2 Å². The molecule has 5 nitrogen and oxygen atoms in total. The fraction of sp³-hybridized carbons (Fsp3) is 0.161. The molecule has 4 aromatic rings. The van der Waals surface area contributed by atoms with Gasteiger partial charge in [-0.1, -0.05) is 65.7 Å². The van der Waals surface area contributed by atoms with Crippen molar-refractivity contribution >= 4 is 35.1 Å². The van der Waals surface area contributed by atoms with E-state index in [1.165, 1.54) is 35.2 Å². The van der Waals surface area contributed by atoms with Gasteiger partial charge in [0.1, 0.15) is 17.1 Å². The van der Waals surface area contributed by atoms with Gasteiger partial charge in [-0.2, -0.15) is 13.2 Å². The highest BCUT2D eigenvalue weighted by Crippen LogP contribution is 2.33. The molecule has 0 saturated heterocycles. The molecule has 10 heteroatoms. The van der Waals surface area contributed by atoms with Crippen molar-refractivity contribution in [2.75, 3.05) is 6.54 Å². The van der Waals surface area contributed by atoms with Crippen molar-refractivity contribution in [2.24, 2.45) is 0 Å². The zero-order chi connectivity index (χ0) is 29.6. The van der Waals surface area contributed by atoms with Crippen LogP contribution in [0.5, 0.6) is 11.5 Å². The van der Waals surface area contributed by atoms with E-state index in [-0.39, 0.29) is 24.4 Å². The Morgan fingerprint density at radius 1 is 0.805 bits per heavy atom. The van der Waals surface area contributed by atoms with Gasteiger partial charge in [0.25, 0.3) is 5.91 Å². The van der Waals surface area contributed by atoms with E-state index in [9.17, 15) is 27.9 Å². The van der Waals surface area contributed by atoms with Crippen LogP contribution in [-0.2, 0) is 19.1 Å². The van der Waals surface area contributed by atoms with E-state index in [0.717, 1.165) is 6.07 Å². The number of amides is 1. The minimum atomic E-state index is -4.70. The first-order valence-electron chi connectivity index (χ1n) is 12.5. The number of halogens is 5. The smallest absolute Gasteiger partial charge is 0.417 e. The van der Waals surface area contributed by atoms with Crippen LogP contribution in [0.2, 0.25) is 10.0 Å². The monoisotopic (exact) mass is 601 g/mol. The minimum absolute atomic E-state index is 0.00435. The van der Waals surface area contributed by atoms with Crippen molar-refractivity contribution in [1.29, 1.82) is 0 Å². The molecule has 0 atom stereocenters. The number of carboxylic acids is 1. The van der Waals surface area contributed by atoms with Crippen LogP contribution < -0.4 is 4.74 Å². The molecule has 4 rings (SSSR count). The van der Waals surface area contributed by atoms with Crippen molar-refractivity contribution in [2.45, 2.75) is 25.6 Å². The zero-order valence-electron chi connectivity index (χ0n) is 21.5. The average Bonchev–Trinajstić information content (AvgIpc) is 2.94. The van der Waals surface area contributed by atoms with Crippen molar-refractivity contribution in [1.82, 2.24) is 4.90 Å². The second kappa shape index (κ2) is 13.1. The highest BCUT2D eigenvalue weighted by atomic mass is 35.5. The molecule has 0 fully saturated rings. The lowest BCUT2D eigenvalue weighted by Crippen LogP contribution is -2.33. The molecule has 212 valence electrons. The predicted molar refractivity (Wildman–Crippen MR) is 151 cm³/mol. The summed E-state index contributed by atoms with van der Waals surface area (Å²) in [7, 11) is 0. The maximum atomic E-state index is 13.7. The van der Waals surface area contributed by atoms with Gasteiger partial charge in [0.05, 0.1) is 11.1 Å². The largest absolute Gasteiger partial charge is 0.478 e. The SMILES string of the molecule is O=C(O)c1ccccc1Oc1ccc(CN(CCCc2c(Cl)cccc2Cl)C(=O)c2ccccc2C(F)(F)F)cc1. The zero-order valence-corrected chi connectivity index (χ0v) is 23.0. The average molecular weight is 602 g/mol. The molecule has 0 saturated carbocycles. The Kier molecular flexibility index (Phi) is 9.57. The van der Waals surface area contributed by atoms with Crippen molar-refractivity contribution in [3.8, 4) is 11.5 Å². The summed E-state index contributed by atoms with van der Waals surface area (Å²) in [6, 6.07) is 22.5. The molecule has 0 aliphatic rings. The Morgan fingerprint density at radius 2 is 1.41 bits per heavy atom. The molecule has 1 amide bonds. The van der Waals surface area contributed by atoms with Gasteiger partial charge in [-0.15, -0.1) is 0 Å². The van der Waals surface area contributed by atoms with Crippen LogP contribution in [-0.4, -0.2) is 28.4 Å². The van der Waals surface area contributed by atoms with Crippen LogP contribution in [0.1, 0.15) is 43.8 Å². The molecule has 0 heterocycles. The summed E-state index contributed by atoms with van der Waals surface area (Å²) in [6.45, 7) is 0.157. The number of aromatic carboxylic acids is 1. The number of carbonyl (C=O) groups excluding carboxylic acids is 1. The van der Waals surface area contributed by atoms with E-state index in [4.69, 9.17) is 27.9 Å². The molecular formula is C31H24Cl2F3NO4. The number of ether oxygens (including phenoxy) is 1. The molecule has 0 spiro atoms. The lowest BCUT2D eigenvalue weighted by molar-refractivity contribution is -0.138. The van der Waals surface area contributed by atoms with Crippen molar-refractivity contribution in [3.05, 3.63) is 129 Å².